The third-order valence-electron chi connectivity index (χ3n) is 3.69. The molecule has 0 aliphatic rings. The van der Waals surface area contributed by atoms with Gasteiger partial charge < -0.3 is 10.6 Å². The summed E-state index contributed by atoms with van der Waals surface area (Å²) in [4.78, 5) is 4.51. The van der Waals surface area contributed by atoms with E-state index >= 15 is 0 Å². The highest BCUT2D eigenvalue weighted by atomic mass is 127. The normalized spacial score (nSPS) is 11.2. The molecule has 8 heteroatoms. The standard InChI is InChI=1S/C18H25BrFN5.HI/c1-4-21-18(23-12-15-6-7-16(19)17(20)11-15)22-8-5-9-25-14(3)10-13(2)24-25;/h6-7,10-11H,4-5,8-9,12H2,1-3H3,(H2,21,22,23);1H. The summed E-state index contributed by atoms with van der Waals surface area (Å²) in [6, 6.07) is 7.15. The maximum absolute atomic E-state index is 13.6. The van der Waals surface area contributed by atoms with Crippen LogP contribution in [0.1, 0.15) is 30.3 Å². The highest BCUT2D eigenvalue weighted by Crippen LogP contribution is 2.16. The highest BCUT2D eigenvalue weighted by molar-refractivity contribution is 14.0. The Morgan fingerprint density at radius 3 is 2.65 bits per heavy atom. The number of aliphatic imine (C=N–C) groups is 1. The Hall–Kier alpha value is -1.16. The summed E-state index contributed by atoms with van der Waals surface area (Å²) in [6.07, 6.45) is 0.944. The molecule has 0 amide bonds. The molecule has 0 spiro atoms. The first-order valence-electron chi connectivity index (χ1n) is 8.46. The number of rotatable bonds is 7. The SMILES string of the molecule is CCNC(=NCc1ccc(Br)c(F)c1)NCCCn1nc(C)cc1C.I. The van der Waals surface area contributed by atoms with Crippen molar-refractivity contribution in [2.24, 2.45) is 4.99 Å². The van der Waals surface area contributed by atoms with Gasteiger partial charge in [-0.1, -0.05) is 6.07 Å². The highest BCUT2D eigenvalue weighted by Gasteiger charge is 2.03. The predicted octanol–water partition coefficient (Wildman–Crippen LogP) is 4.16. The minimum atomic E-state index is -0.268. The molecule has 0 aliphatic heterocycles. The van der Waals surface area contributed by atoms with Crippen LogP contribution in [0.4, 0.5) is 4.39 Å². The molecule has 2 aromatic rings. The lowest BCUT2D eigenvalue weighted by molar-refractivity contribution is 0.555. The van der Waals surface area contributed by atoms with Crippen molar-refractivity contribution >= 4 is 45.9 Å². The van der Waals surface area contributed by atoms with E-state index in [9.17, 15) is 4.39 Å². The Morgan fingerprint density at radius 1 is 1.27 bits per heavy atom. The smallest absolute Gasteiger partial charge is 0.191 e. The molecule has 26 heavy (non-hydrogen) atoms. The molecule has 0 saturated carbocycles. The van der Waals surface area contributed by atoms with E-state index in [0.29, 0.717) is 11.0 Å². The minimum absolute atomic E-state index is 0. The van der Waals surface area contributed by atoms with Crippen LogP contribution in [-0.2, 0) is 13.1 Å². The summed E-state index contributed by atoms with van der Waals surface area (Å²) in [7, 11) is 0. The summed E-state index contributed by atoms with van der Waals surface area (Å²) in [5.41, 5.74) is 3.05. The summed E-state index contributed by atoms with van der Waals surface area (Å²) in [5, 5.41) is 11.0. The monoisotopic (exact) mass is 537 g/mol. The van der Waals surface area contributed by atoms with Crippen molar-refractivity contribution in [3.63, 3.8) is 0 Å². The Bertz CT molecular complexity index is 732. The van der Waals surface area contributed by atoms with Crippen LogP contribution < -0.4 is 10.6 Å². The van der Waals surface area contributed by atoms with Crippen LogP contribution in [-0.4, -0.2) is 28.8 Å². The molecule has 0 radical (unpaired) electrons. The van der Waals surface area contributed by atoms with E-state index in [0.717, 1.165) is 43.3 Å². The zero-order valence-electron chi connectivity index (χ0n) is 15.4. The van der Waals surface area contributed by atoms with E-state index in [1.807, 2.05) is 24.6 Å². The number of benzene rings is 1. The van der Waals surface area contributed by atoms with Crippen molar-refractivity contribution < 1.29 is 4.39 Å². The summed E-state index contributed by atoms with van der Waals surface area (Å²) < 4.78 is 16.0. The Morgan fingerprint density at radius 2 is 2.04 bits per heavy atom. The van der Waals surface area contributed by atoms with E-state index in [1.165, 1.54) is 11.8 Å². The van der Waals surface area contributed by atoms with Crippen molar-refractivity contribution in [2.45, 2.75) is 40.3 Å². The Labute approximate surface area is 180 Å². The van der Waals surface area contributed by atoms with E-state index in [2.05, 4.69) is 49.6 Å². The van der Waals surface area contributed by atoms with Crippen LogP contribution in [0.2, 0.25) is 0 Å². The lowest BCUT2D eigenvalue weighted by atomic mass is 10.2. The molecule has 0 unspecified atom stereocenters. The second kappa shape index (κ2) is 11.5. The summed E-state index contributed by atoms with van der Waals surface area (Å²) in [6.45, 7) is 8.95. The van der Waals surface area contributed by atoms with Crippen LogP contribution in [0, 0.1) is 19.7 Å². The van der Waals surface area contributed by atoms with E-state index < -0.39 is 0 Å². The van der Waals surface area contributed by atoms with Gasteiger partial charge in [0.15, 0.2) is 5.96 Å². The fraction of sp³-hybridized carbons (Fsp3) is 0.444. The van der Waals surface area contributed by atoms with Crippen LogP contribution in [0.25, 0.3) is 0 Å². The number of aryl methyl sites for hydroxylation is 3. The summed E-state index contributed by atoms with van der Waals surface area (Å²) in [5.74, 6) is 0.467. The third-order valence-corrected chi connectivity index (χ3v) is 4.33. The predicted molar refractivity (Wildman–Crippen MR) is 119 cm³/mol. The number of hydrogen-bond donors (Lipinski definition) is 2. The minimum Gasteiger partial charge on any atom is -0.357 e. The number of nitrogens with one attached hydrogen (secondary N) is 2. The van der Waals surface area contributed by atoms with Crippen molar-refractivity contribution in [3.8, 4) is 0 Å². The van der Waals surface area contributed by atoms with Crippen molar-refractivity contribution in [3.05, 3.63) is 51.5 Å². The molecule has 1 aromatic heterocycles. The zero-order chi connectivity index (χ0) is 18.2. The maximum atomic E-state index is 13.6. The van der Waals surface area contributed by atoms with Crippen molar-refractivity contribution in [2.75, 3.05) is 13.1 Å². The van der Waals surface area contributed by atoms with Gasteiger partial charge in [0.05, 0.1) is 16.7 Å². The molecule has 144 valence electrons. The van der Waals surface area contributed by atoms with Gasteiger partial charge in [-0.25, -0.2) is 9.38 Å². The van der Waals surface area contributed by atoms with Gasteiger partial charge in [0.1, 0.15) is 5.82 Å². The molecule has 2 N–H and O–H groups in total. The van der Waals surface area contributed by atoms with Crippen molar-refractivity contribution in [1.29, 1.82) is 0 Å². The van der Waals surface area contributed by atoms with E-state index in [1.54, 1.807) is 6.07 Å². The maximum Gasteiger partial charge on any atom is 0.191 e. The van der Waals surface area contributed by atoms with Crippen LogP contribution in [0.3, 0.4) is 0 Å². The average molecular weight is 538 g/mol. The van der Waals surface area contributed by atoms with Gasteiger partial charge in [-0.3, -0.25) is 4.68 Å². The molecule has 5 nitrogen and oxygen atoms in total. The van der Waals surface area contributed by atoms with Gasteiger partial charge in [0.25, 0.3) is 0 Å². The van der Waals surface area contributed by atoms with E-state index in [4.69, 9.17) is 0 Å². The number of aromatic nitrogens is 2. The lowest BCUT2D eigenvalue weighted by Gasteiger charge is -2.12. The first kappa shape index (κ1) is 22.9. The fourth-order valence-corrected chi connectivity index (χ4v) is 2.73. The topological polar surface area (TPSA) is 54.2 Å². The molecular formula is C18H26BrFIN5. The quantitative estimate of drug-likeness (QED) is 0.241. The van der Waals surface area contributed by atoms with Gasteiger partial charge in [0.2, 0.25) is 0 Å². The van der Waals surface area contributed by atoms with Gasteiger partial charge in [0, 0.05) is 25.3 Å². The molecular weight excluding hydrogens is 512 g/mol. The van der Waals surface area contributed by atoms with Crippen LogP contribution in [0.5, 0.6) is 0 Å². The molecule has 0 saturated heterocycles. The molecule has 0 fully saturated rings. The number of guanidine groups is 1. The molecule has 1 aromatic carbocycles. The first-order valence-corrected chi connectivity index (χ1v) is 9.26. The Balaban J connectivity index is 0.00000338. The lowest BCUT2D eigenvalue weighted by Crippen LogP contribution is -2.38. The summed E-state index contributed by atoms with van der Waals surface area (Å²) >= 11 is 3.16. The Kier molecular flexibility index (Phi) is 10.1. The zero-order valence-corrected chi connectivity index (χ0v) is 19.3. The molecule has 1 heterocycles. The molecule has 0 aliphatic carbocycles. The third kappa shape index (κ3) is 7.22. The molecule has 0 bridgehead atoms. The number of hydrogen-bond acceptors (Lipinski definition) is 2. The van der Waals surface area contributed by atoms with E-state index in [-0.39, 0.29) is 29.8 Å². The molecule has 0 atom stereocenters. The second-order valence-corrected chi connectivity index (χ2v) is 6.73. The largest absolute Gasteiger partial charge is 0.357 e. The van der Waals surface area contributed by atoms with Crippen molar-refractivity contribution in [1.82, 2.24) is 20.4 Å². The van der Waals surface area contributed by atoms with Crippen LogP contribution >= 0.6 is 39.9 Å². The number of halogens is 3. The van der Waals surface area contributed by atoms with Gasteiger partial charge in [-0.2, -0.15) is 5.10 Å². The molecule has 2 rings (SSSR count). The average Bonchev–Trinajstić information content (AvgIpc) is 2.89. The van der Waals surface area contributed by atoms with Gasteiger partial charge in [-0.15, -0.1) is 24.0 Å². The first-order chi connectivity index (χ1) is 12.0. The van der Waals surface area contributed by atoms with Gasteiger partial charge in [-0.05, 0) is 66.9 Å². The number of nitrogens with zero attached hydrogens (tertiary/aromatic N) is 3. The van der Waals surface area contributed by atoms with Crippen LogP contribution in [0.15, 0.2) is 33.7 Å². The second-order valence-electron chi connectivity index (χ2n) is 5.87. The van der Waals surface area contributed by atoms with Gasteiger partial charge >= 0.3 is 0 Å². The fourth-order valence-electron chi connectivity index (χ4n) is 2.49.